The molecule has 0 spiro atoms. The van der Waals surface area contributed by atoms with Crippen molar-refractivity contribution in [3.05, 3.63) is 0 Å². The van der Waals surface area contributed by atoms with Gasteiger partial charge in [-0.2, -0.15) is 0 Å². The first-order valence-electron chi connectivity index (χ1n) is 6.32. The molecule has 3 N–H and O–H groups in total. The monoisotopic (exact) mass is 305 g/mol. The van der Waals surface area contributed by atoms with Crippen molar-refractivity contribution in [3.63, 3.8) is 0 Å². The summed E-state index contributed by atoms with van der Waals surface area (Å²) in [7, 11) is 0. The molecule has 1 amide bonds. The van der Waals surface area contributed by atoms with Gasteiger partial charge < -0.3 is 29.7 Å². The molecule has 9 nitrogen and oxygen atoms in total. The lowest BCUT2D eigenvalue weighted by Gasteiger charge is -2.43. The molecule has 21 heavy (non-hydrogen) atoms. The third-order valence-electron chi connectivity index (χ3n) is 2.82. The predicted molar refractivity (Wildman–Crippen MR) is 66.7 cm³/mol. The molecule has 1 aliphatic heterocycles. The summed E-state index contributed by atoms with van der Waals surface area (Å²) in [5.41, 5.74) is 0. The van der Waals surface area contributed by atoms with Crippen molar-refractivity contribution in [2.24, 2.45) is 0 Å². The molecule has 120 valence electrons. The van der Waals surface area contributed by atoms with Crippen LogP contribution in [-0.4, -0.2) is 65.3 Å². The lowest BCUT2D eigenvalue weighted by atomic mass is 9.96. The van der Waals surface area contributed by atoms with Gasteiger partial charge in [0.1, 0.15) is 12.1 Å². The van der Waals surface area contributed by atoms with Gasteiger partial charge in [0.25, 0.3) is 0 Å². The topological polar surface area (TPSA) is 131 Å². The average Bonchev–Trinajstić information content (AvgIpc) is 2.35. The summed E-state index contributed by atoms with van der Waals surface area (Å²) < 4.78 is 15.1. The minimum atomic E-state index is -1.53. The fourth-order valence-corrected chi connectivity index (χ4v) is 2.12. The minimum Gasteiger partial charge on any atom is -0.456 e. The van der Waals surface area contributed by atoms with Gasteiger partial charge in [-0.3, -0.25) is 14.4 Å². The zero-order valence-corrected chi connectivity index (χ0v) is 11.9. The molecule has 1 aliphatic rings. The summed E-state index contributed by atoms with van der Waals surface area (Å²) in [5.74, 6) is -1.88. The number of rotatable bonds is 4. The van der Waals surface area contributed by atoms with Crippen molar-refractivity contribution in [2.75, 3.05) is 6.61 Å². The van der Waals surface area contributed by atoms with E-state index < -0.39 is 55.1 Å². The Morgan fingerprint density at radius 2 is 1.62 bits per heavy atom. The zero-order valence-electron chi connectivity index (χ0n) is 11.9. The van der Waals surface area contributed by atoms with E-state index in [1.54, 1.807) is 0 Å². The smallest absolute Gasteiger partial charge is 0.303 e. The van der Waals surface area contributed by atoms with Crippen LogP contribution in [0.3, 0.4) is 0 Å². The molecule has 0 saturated carbocycles. The molecular formula is C12H19NO8. The first-order valence-corrected chi connectivity index (χ1v) is 6.32. The summed E-state index contributed by atoms with van der Waals surface area (Å²) >= 11 is 0. The number of hydrogen-bond acceptors (Lipinski definition) is 8. The second kappa shape index (κ2) is 7.34. The number of esters is 2. The summed E-state index contributed by atoms with van der Waals surface area (Å²) in [4.78, 5) is 33.6. The quantitative estimate of drug-likeness (QED) is 0.511. The van der Waals surface area contributed by atoms with Gasteiger partial charge >= 0.3 is 11.9 Å². The highest BCUT2D eigenvalue weighted by molar-refractivity contribution is 5.73. The first kappa shape index (κ1) is 17.3. The van der Waals surface area contributed by atoms with Gasteiger partial charge in [-0.15, -0.1) is 0 Å². The average molecular weight is 305 g/mol. The standard InChI is InChI=1S/C12H19NO8/c1-5(15)13-9-11(20-7(3)17)10(19-6(2)16)8(4-14)21-12(9)18/h8-12,14,18H,4H2,1-3H3,(H,13,15)/t8-,9-,10+,11-,12-/m0/s1. The molecule has 0 radical (unpaired) electrons. The summed E-state index contributed by atoms with van der Waals surface area (Å²) in [6, 6.07) is -1.13. The van der Waals surface area contributed by atoms with Crippen LogP contribution in [0.5, 0.6) is 0 Å². The van der Waals surface area contributed by atoms with Crippen LogP contribution in [0.25, 0.3) is 0 Å². The molecular weight excluding hydrogens is 286 g/mol. The second-order valence-electron chi connectivity index (χ2n) is 4.62. The number of aliphatic hydroxyl groups is 2. The number of carbonyl (C=O) groups excluding carboxylic acids is 3. The van der Waals surface area contributed by atoms with Crippen LogP contribution in [0.4, 0.5) is 0 Å². The molecule has 0 aliphatic carbocycles. The Labute approximate surface area is 121 Å². The maximum Gasteiger partial charge on any atom is 0.303 e. The van der Waals surface area contributed by atoms with Crippen LogP contribution in [0.2, 0.25) is 0 Å². The third kappa shape index (κ3) is 4.66. The maximum atomic E-state index is 11.2. The normalized spacial score (nSPS) is 32.1. The molecule has 0 bridgehead atoms. The number of aliphatic hydroxyl groups excluding tert-OH is 2. The van der Waals surface area contributed by atoms with Crippen molar-refractivity contribution < 1.29 is 38.8 Å². The van der Waals surface area contributed by atoms with Crippen molar-refractivity contribution in [3.8, 4) is 0 Å². The van der Waals surface area contributed by atoms with Crippen molar-refractivity contribution in [1.82, 2.24) is 5.32 Å². The van der Waals surface area contributed by atoms with Crippen molar-refractivity contribution in [1.29, 1.82) is 0 Å². The fourth-order valence-electron chi connectivity index (χ4n) is 2.12. The van der Waals surface area contributed by atoms with Gasteiger partial charge in [-0.25, -0.2) is 0 Å². The highest BCUT2D eigenvalue weighted by atomic mass is 16.7. The third-order valence-corrected chi connectivity index (χ3v) is 2.82. The Morgan fingerprint density at radius 3 is 2.05 bits per heavy atom. The van der Waals surface area contributed by atoms with E-state index in [1.165, 1.54) is 6.92 Å². The predicted octanol–water partition coefficient (Wildman–Crippen LogP) is -1.94. The minimum absolute atomic E-state index is 0.496. The number of ether oxygens (including phenoxy) is 3. The second-order valence-corrected chi connectivity index (χ2v) is 4.62. The molecule has 5 atom stereocenters. The van der Waals surface area contributed by atoms with E-state index in [2.05, 4.69) is 5.32 Å². The summed E-state index contributed by atoms with van der Waals surface area (Å²) in [6.07, 6.45) is -4.95. The highest BCUT2D eigenvalue weighted by Gasteiger charge is 2.49. The van der Waals surface area contributed by atoms with Gasteiger partial charge in [-0.1, -0.05) is 0 Å². The van der Waals surface area contributed by atoms with Crippen LogP contribution >= 0.6 is 0 Å². The Hall–Kier alpha value is -1.71. The Kier molecular flexibility index (Phi) is 6.06. The van der Waals surface area contributed by atoms with E-state index in [4.69, 9.17) is 14.2 Å². The lowest BCUT2D eigenvalue weighted by molar-refractivity contribution is -0.263. The Morgan fingerprint density at radius 1 is 1.10 bits per heavy atom. The van der Waals surface area contributed by atoms with Gasteiger partial charge in [-0.05, 0) is 0 Å². The molecule has 1 heterocycles. The number of hydrogen-bond donors (Lipinski definition) is 3. The van der Waals surface area contributed by atoms with Crippen LogP contribution in [-0.2, 0) is 28.6 Å². The van der Waals surface area contributed by atoms with E-state index in [1.807, 2.05) is 0 Å². The van der Waals surface area contributed by atoms with E-state index in [0.29, 0.717) is 0 Å². The van der Waals surface area contributed by atoms with Crippen molar-refractivity contribution in [2.45, 2.75) is 51.4 Å². The zero-order chi connectivity index (χ0) is 16.2. The Balaban J connectivity index is 3.08. The molecule has 0 aromatic heterocycles. The van der Waals surface area contributed by atoms with Crippen LogP contribution in [0, 0.1) is 0 Å². The number of nitrogens with one attached hydrogen (secondary N) is 1. The molecule has 0 aromatic rings. The van der Waals surface area contributed by atoms with Gasteiger partial charge in [0.05, 0.1) is 6.61 Å². The lowest BCUT2D eigenvalue weighted by Crippen LogP contribution is -2.65. The van der Waals surface area contributed by atoms with Gasteiger partial charge in [0, 0.05) is 20.8 Å². The molecule has 1 rings (SSSR count). The fraction of sp³-hybridized carbons (Fsp3) is 0.750. The van der Waals surface area contributed by atoms with Crippen LogP contribution in [0.15, 0.2) is 0 Å². The SMILES string of the molecule is CC(=O)N[C@H]1[C@H](OC(C)=O)[C@H](OC(C)=O)[C@H](CO)O[C@@H]1O. The molecule has 1 saturated heterocycles. The Bertz CT molecular complexity index is 412. The van der Waals surface area contributed by atoms with E-state index in [0.717, 1.165) is 13.8 Å². The summed E-state index contributed by atoms with van der Waals surface area (Å²) in [5, 5.41) is 21.5. The van der Waals surface area contributed by atoms with E-state index >= 15 is 0 Å². The van der Waals surface area contributed by atoms with Gasteiger partial charge in [0.2, 0.25) is 5.91 Å². The highest BCUT2D eigenvalue weighted by Crippen LogP contribution is 2.25. The van der Waals surface area contributed by atoms with Crippen LogP contribution < -0.4 is 5.32 Å². The molecule has 1 fully saturated rings. The first-order chi connectivity index (χ1) is 9.76. The molecule has 0 unspecified atom stereocenters. The summed E-state index contributed by atoms with van der Waals surface area (Å²) in [6.45, 7) is 2.90. The van der Waals surface area contributed by atoms with E-state index in [-0.39, 0.29) is 0 Å². The van der Waals surface area contributed by atoms with Crippen molar-refractivity contribution >= 4 is 17.8 Å². The maximum absolute atomic E-state index is 11.2. The number of amides is 1. The number of carbonyl (C=O) groups is 3. The molecule has 0 aromatic carbocycles. The molecule has 9 heteroatoms. The largest absolute Gasteiger partial charge is 0.456 e. The van der Waals surface area contributed by atoms with Crippen LogP contribution in [0.1, 0.15) is 20.8 Å². The van der Waals surface area contributed by atoms with E-state index in [9.17, 15) is 24.6 Å². The van der Waals surface area contributed by atoms with Gasteiger partial charge in [0.15, 0.2) is 18.5 Å².